The molecule has 42 heavy (non-hydrogen) atoms. The van der Waals surface area contributed by atoms with Gasteiger partial charge in [0.1, 0.15) is 0 Å². The van der Waals surface area contributed by atoms with Crippen LogP contribution >= 0.6 is 0 Å². The van der Waals surface area contributed by atoms with Crippen molar-refractivity contribution in [3.05, 3.63) is 120 Å². The third kappa shape index (κ3) is 4.81. The third-order valence-electron chi connectivity index (χ3n) is 7.10. The summed E-state index contributed by atoms with van der Waals surface area (Å²) in [6.07, 6.45) is -1.75. The van der Waals surface area contributed by atoms with Gasteiger partial charge in [-0.25, -0.2) is 12.4 Å². The van der Waals surface area contributed by atoms with Crippen LogP contribution in [0, 0.1) is 6.92 Å². The third-order valence-corrected chi connectivity index (χ3v) is 8.79. The van der Waals surface area contributed by atoms with Crippen LogP contribution in [0.25, 0.3) is 32.9 Å². The van der Waals surface area contributed by atoms with Crippen molar-refractivity contribution in [3.63, 3.8) is 0 Å². The molecule has 7 nitrogen and oxygen atoms in total. The lowest BCUT2D eigenvalue weighted by atomic mass is 9.98. The number of nitrogens with one attached hydrogen (secondary N) is 2. The molecule has 212 valence electrons. The smallest absolute Gasteiger partial charge is 0.337 e. The van der Waals surface area contributed by atoms with Gasteiger partial charge in [-0.05, 0) is 48.4 Å². The van der Waals surface area contributed by atoms with E-state index in [0.717, 1.165) is 5.56 Å². The zero-order valence-corrected chi connectivity index (χ0v) is 22.9. The van der Waals surface area contributed by atoms with Crippen molar-refractivity contribution in [1.82, 2.24) is 19.5 Å². The number of halogens is 3. The highest BCUT2D eigenvalue weighted by atomic mass is 32.2. The maximum absolute atomic E-state index is 14.0. The van der Waals surface area contributed by atoms with Crippen LogP contribution in [0.5, 0.6) is 0 Å². The van der Waals surface area contributed by atoms with E-state index >= 15 is 0 Å². The van der Waals surface area contributed by atoms with Gasteiger partial charge in [0, 0.05) is 28.1 Å². The van der Waals surface area contributed by atoms with Crippen LogP contribution < -0.4 is 5.32 Å². The number of hydrogen-bond donors (Lipinski definition) is 2. The highest BCUT2D eigenvalue weighted by Gasteiger charge is 2.42. The van der Waals surface area contributed by atoms with Gasteiger partial charge in [0.15, 0.2) is 6.04 Å². The standard InChI is InChI=1S/C31H23F3N4O3S/c1-19-11-13-22(14-12-19)42(40,41)38-18-26(23-9-5-6-10-28(23)38)24-15-21(16-27-25(24)17-35-37-27)30(39)36-29(31(32,33)34)20-7-3-2-4-8-20/h2-18,29H,1H3,(H,35,37)(H,36,39). The van der Waals surface area contributed by atoms with Crippen LogP contribution in [0.15, 0.2) is 108 Å². The number of para-hydroxylation sites is 1. The van der Waals surface area contributed by atoms with Crippen molar-refractivity contribution in [1.29, 1.82) is 0 Å². The molecule has 6 aromatic rings. The second-order valence-corrected chi connectivity index (χ2v) is 11.7. The first-order valence-corrected chi connectivity index (χ1v) is 14.3. The predicted octanol–water partition coefficient (Wildman–Crippen LogP) is 6.76. The lowest BCUT2D eigenvalue weighted by molar-refractivity contribution is -0.155. The van der Waals surface area contributed by atoms with E-state index in [4.69, 9.17) is 0 Å². The van der Waals surface area contributed by atoms with E-state index in [-0.39, 0.29) is 16.0 Å². The number of hydrogen-bond acceptors (Lipinski definition) is 4. The zero-order chi connectivity index (χ0) is 29.6. The summed E-state index contributed by atoms with van der Waals surface area (Å²) in [6, 6.07) is 21.1. The minimum absolute atomic E-state index is 0.0508. The van der Waals surface area contributed by atoms with Gasteiger partial charge in [-0.2, -0.15) is 18.3 Å². The molecule has 6 rings (SSSR count). The molecule has 0 radical (unpaired) electrons. The molecule has 1 amide bonds. The quantitative estimate of drug-likeness (QED) is 0.225. The number of aromatic nitrogens is 3. The van der Waals surface area contributed by atoms with E-state index in [2.05, 4.69) is 15.5 Å². The molecule has 0 saturated heterocycles. The zero-order valence-electron chi connectivity index (χ0n) is 22.1. The lowest BCUT2D eigenvalue weighted by Gasteiger charge is -2.22. The Balaban J connectivity index is 1.49. The average molecular weight is 589 g/mol. The van der Waals surface area contributed by atoms with Gasteiger partial charge >= 0.3 is 6.18 Å². The number of benzene rings is 4. The molecule has 4 aromatic carbocycles. The van der Waals surface area contributed by atoms with Gasteiger partial charge in [-0.1, -0.05) is 66.2 Å². The summed E-state index contributed by atoms with van der Waals surface area (Å²) in [4.78, 5) is 13.4. The number of amides is 1. The van der Waals surface area contributed by atoms with Crippen molar-refractivity contribution < 1.29 is 26.4 Å². The number of fused-ring (bicyclic) bond motifs is 2. The van der Waals surface area contributed by atoms with Crippen molar-refractivity contribution in [3.8, 4) is 11.1 Å². The summed E-state index contributed by atoms with van der Waals surface area (Å²) in [5.74, 6) is -0.949. The highest BCUT2D eigenvalue weighted by Crippen LogP contribution is 2.38. The van der Waals surface area contributed by atoms with E-state index in [9.17, 15) is 26.4 Å². The van der Waals surface area contributed by atoms with Crippen LogP contribution in [-0.4, -0.2) is 34.7 Å². The summed E-state index contributed by atoms with van der Waals surface area (Å²) >= 11 is 0. The number of carbonyl (C=O) groups excluding carboxylic acids is 1. The molecule has 0 fully saturated rings. The van der Waals surface area contributed by atoms with Crippen LogP contribution in [0.2, 0.25) is 0 Å². The van der Waals surface area contributed by atoms with Crippen LogP contribution in [0.1, 0.15) is 27.5 Å². The molecule has 1 atom stereocenters. The van der Waals surface area contributed by atoms with Crippen LogP contribution in [-0.2, 0) is 10.0 Å². The minimum Gasteiger partial charge on any atom is -0.337 e. The topological polar surface area (TPSA) is 96.9 Å². The number of aromatic amines is 1. The van der Waals surface area contributed by atoms with Gasteiger partial charge in [-0.3, -0.25) is 9.89 Å². The molecule has 11 heteroatoms. The number of H-pyrrole nitrogens is 1. The molecule has 1 unspecified atom stereocenters. The number of alkyl halides is 3. The average Bonchev–Trinajstić information content (AvgIpc) is 3.61. The summed E-state index contributed by atoms with van der Waals surface area (Å²) in [5.41, 5.74) is 2.46. The number of carbonyl (C=O) groups is 1. The first-order chi connectivity index (χ1) is 20.0. The molecule has 0 saturated carbocycles. The van der Waals surface area contributed by atoms with Crippen LogP contribution in [0.3, 0.4) is 0 Å². The first kappa shape index (κ1) is 27.3. The minimum atomic E-state index is -4.74. The number of nitrogens with zero attached hydrogens (tertiary/aromatic N) is 2. The molecular weight excluding hydrogens is 565 g/mol. The maximum Gasteiger partial charge on any atom is 0.412 e. The molecule has 2 aromatic heterocycles. The largest absolute Gasteiger partial charge is 0.412 e. The Bertz CT molecular complexity index is 2050. The molecule has 0 bridgehead atoms. The normalized spacial score (nSPS) is 13.0. The first-order valence-electron chi connectivity index (χ1n) is 12.9. The SMILES string of the molecule is Cc1ccc(S(=O)(=O)n2cc(-c3cc(C(=O)NC(c4ccccc4)C(F)(F)F)cc4[nH]ncc34)c3ccccc32)cc1. The maximum atomic E-state index is 14.0. The monoisotopic (exact) mass is 588 g/mol. The molecular formula is C31H23F3N4O3S. The van der Waals surface area contributed by atoms with Gasteiger partial charge in [-0.15, -0.1) is 0 Å². The van der Waals surface area contributed by atoms with Gasteiger partial charge in [0.05, 0.1) is 22.1 Å². The van der Waals surface area contributed by atoms with Gasteiger partial charge in [0.2, 0.25) is 0 Å². The Labute approximate surface area is 238 Å². The molecule has 2 heterocycles. The Kier molecular flexibility index (Phi) is 6.61. The Morgan fingerprint density at radius 1 is 0.905 bits per heavy atom. The summed E-state index contributed by atoms with van der Waals surface area (Å²) in [7, 11) is -4.01. The van der Waals surface area contributed by atoms with Crippen molar-refractivity contribution in [2.24, 2.45) is 0 Å². The second kappa shape index (κ2) is 10.2. The van der Waals surface area contributed by atoms with Gasteiger partial charge in [0.25, 0.3) is 15.9 Å². The van der Waals surface area contributed by atoms with Crippen molar-refractivity contribution >= 4 is 37.7 Å². The molecule has 0 spiro atoms. The Hall–Kier alpha value is -4.90. The van der Waals surface area contributed by atoms with Crippen molar-refractivity contribution in [2.75, 3.05) is 0 Å². The lowest BCUT2D eigenvalue weighted by Crippen LogP contribution is -2.38. The fraction of sp³-hybridized carbons (Fsp3) is 0.0968. The van der Waals surface area contributed by atoms with Crippen LogP contribution in [0.4, 0.5) is 13.2 Å². The second-order valence-electron chi connectivity index (χ2n) is 9.89. The fourth-order valence-electron chi connectivity index (χ4n) is 5.01. The predicted molar refractivity (Wildman–Crippen MR) is 153 cm³/mol. The van der Waals surface area contributed by atoms with E-state index in [1.807, 2.05) is 6.92 Å². The fourth-order valence-corrected chi connectivity index (χ4v) is 6.38. The molecule has 0 aliphatic rings. The van der Waals surface area contributed by atoms with Gasteiger partial charge < -0.3 is 5.32 Å². The van der Waals surface area contributed by atoms with E-state index in [0.29, 0.717) is 32.9 Å². The van der Waals surface area contributed by atoms with E-state index in [1.54, 1.807) is 42.5 Å². The number of aryl methyl sites for hydroxylation is 1. The summed E-state index contributed by atoms with van der Waals surface area (Å²) in [6.45, 7) is 1.86. The summed E-state index contributed by atoms with van der Waals surface area (Å²) < 4.78 is 70.6. The van der Waals surface area contributed by atoms with Crippen molar-refractivity contribution in [2.45, 2.75) is 24.0 Å². The van der Waals surface area contributed by atoms with E-state index in [1.165, 1.54) is 64.9 Å². The summed E-state index contributed by atoms with van der Waals surface area (Å²) in [5, 5.41) is 10.1. The van der Waals surface area contributed by atoms with E-state index < -0.39 is 28.1 Å². The highest BCUT2D eigenvalue weighted by molar-refractivity contribution is 7.90. The molecule has 0 aliphatic carbocycles. The number of rotatable bonds is 6. The Morgan fingerprint density at radius 2 is 1.60 bits per heavy atom. The Morgan fingerprint density at radius 3 is 2.31 bits per heavy atom. The molecule has 2 N–H and O–H groups in total. The molecule has 0 aliphatic heterocycles.